The molecule has 0 spiro atoms. The first-order valence-corrected chi connectivity index (χ1v) is 23.2. The van der Waals surface area contributed by atoms with Crippen molar-refractivity contribution in [3.05, 3.63) is 153 Å². The molecule has 0 saturated heterocycles. The number of nitrogens with zero attached hydrogens (tertiary/aromatic N) is 3. The Bertz CT molecular complexity index is 2690. The standard InChI is InChI=1S/C49H52ClN5O6S/c1-3-5-24-54(25-6-4-2)49(59)45-31-55(26-12-15-33-13-8-7-9-14-33)47(52-45)40-23-21-35(27-43(40)46(57)39-18-10-17-36-30-51-37(32-56)28-41(36)39)48(58)53-62(60,61)38-22-20-34-16-11-19-44(50)42(34)29-38/h7-11,13-14,16-23,27,29,31,37,51,56H,3-6,12,15,24-26,28,30,32H2,1-2H3,(H,53,58). The van der Waals surface area contributed by atoms with E-state index in [1.165, 1.54) is 24.3 Å². The summed E-state index contributed by atoms with van der Waals surface area (Å²) in [5.74, 6) is -1.16. The van der Waals surface area contributed by atoms with E-state index in [2.05, 4.69) is 36.0 Å². The van der Waals surface area contributed by atoms with Crippen LogP contribution in [0.1, 0.15) is 99.4 Å². The second-order valence-corrected chi connectivity index (χ2v) is 17.9. The van der Waals surface area contributed by atoms with E-state index < -0.39 is 21.7 Å². The Morgan fingerprint density at radius 1 is 0.887 bits per heavy atom. The maximum Gasteiger partial charge on any atom is 0.274 e. The minimum absolute atomic E-state index is 0.0667. The highest BCUT2D eigenvalue weighted by Crippen LogP contribution is 2.32. The summed E-state index contributed by atoms with van der Waals surface area (Å²) in [5.41, 5.74) is 3.92. The number of halogens is 1. The Morgan fingerprint density at radius 3 is 2.39 bits per heavy atom. The lowest BCUT2D eigenvalue weighted by molar-refractivity contribution is 0.0745. The lowest BCUT2D eigenvalue weighted by atomic mass is 9.86. The monoisotopic (exact) mass is 873 g/mol. The topological polar surface area (TPSA) is 151 Å². The molecule has 3 N–H and O–H groups in total. The predicted molar refractivity (Wildman–Crippen MR) is 243 cm³/mol. The van der Waals surface area contributed by atoms with Gasteiger partial charge >= 0.3 is 0 Å². The predicted octanol–water partition coefficient (Wildman–Crippen LogP) is 8.39. The number of ketones is 1. The lowest BCUT2D eigenvalue weighted by Gasteiger charge is -2.26. The maximum absolute atomic E-state index is 15.1. The van der Waals surface area contributed by atoms with Gasteiger partial charge in [0.05, 0.1) is 11.5 Å². The zero-order valence-corrected chi connectivity index (χ0v) is 36.6. The van der Waals surface area contributed by atoms with Crippen LogP contribution in [-0.4, -0.2) is 71.3 Å². The quantitative estimate of drug-likeness (QED) is 0.0730. The molecule has 322 valence electrons. The van der Waals surface area contributed by atoms with E-state index in [9.17, 15) is 23.1 Å². The van der Waals surface area contributed by atoms with E-state index in [0.29, 0.717) is 66.4 Å². The molecule has 2 amide bonds. The highest BCUT2D eigenvalue weighted by molar-refractivity contribution is 7.90. The molecule has 1 atom stereocenters. The first kappa shape index (κ1) is 44.4. The van der Waals surface area contributed by atoms with Crippen molar-refractivity contribution in [2.45, 2.75) is 82.8 Å². The van der Waals surface area contributed by atoms with E-state index in [4.69, 9.17) is 16.6 Å². The second kappa shape index (κ2) is 20.0. The number of rotatable bonds is 18. The molecule has 2 heterocycles. The number of fused-ring (bicyclic) bond motifs is 2. The molecule has 13 heteroatoms. The number of carbonyl (C=O) groups is 3. The summed E-state index contributed by atoms with van der Waals surface area (Å²) in [6.45, 7) is 6.18. The first-order chi connectivity index (χ1) is 30.0. The molecule has 1 aromatic heterocycles. The third-order valence-corrected chi connectivity index (χ3v) is 13.1. The van der Waals surface area contributed by atoms with Crippen LogP contribution in [0.3, 0.4) is 0 Å². The van der Waals surface area contributed by atoms with E-state index in [0.717, 1.165) is 54.2 Å². The number of aryl methyl sites for hydroxylation is 2. The van der Waals surface area contributed by atoms with Crippen molar-refractivity contribution in [3.63, 3.8) is 0 Å². The van der Waals surface area contributed by atoms with Crippen molar-refractivity contribution in [2.24, 2.45) is 0 Å². The first-order valence-electron chi connectivity index (χ1n) is 21.3. The highest BCUT2D eigenvalue weighted by Gasteiger charge is 2.29. The van der Waals surface area contributed by atoms with Crippen molar-refractivity contribution in [1.82, 2.24) is 24.5 Å². The molecule has 0 aliphatic carbocycles. The summed E-state index contributed by atoms with van der Waals surface area (Å²) in [6.07, 6.45) is 7.18. The van der Waals surface area contributed by atoms with Gasteiger partial charge in [-0.25, -0.2) is 18.1 Å². The minimum Gasteiger partial charge on any atom is -0.395 e. The Balaban J connectivity index is 1.32. The average Bonchev–Trinajstić information content (AvgIpc) is 3.72. The van der Waals surface area contributed by atoms with Gasteiger partial charge in [-0.15, -0.1) is 0 Å². The summed E-state index contributed by atoms with van der Waals surface area (Å²) in [6, 6.07) is 29.5. The fourth-order valence-corrected chi connectivity index (χ4v) is 9.20. The molecule has 1 aliphatic rings. The van der Waals surface area contributed by atoms with Crippen LogP contribution in [0.5, 0.6) is 0 Å². The molecule has 0 saturated carbocycles. The van der Waals surface area contributed by atoms with Crippen LogP contribution in [0.25, 0.3) is 22.2 Å². The van der Waals surface area contributed by atoms with E-state index >= 15 is 4.79 Å². The molecule has 5 aromatic carbocycles. The molecule has 1 aliphatic heterocycles. The molecular formula is C49H52ClN5O6S. The van der Waals surface area contributed by atoms with Gasteiger partial charge in [0.2, 0.25) is 0 Å². The molecule has 1 unspecified atom stereocenters. The average molecular weight is 875 g/mol. The largest absolute Gasteiger partial charge is 0.395 e. The number of unbranched alkanes of at least 4 members (excludes halogenated alkanes) is 2. The SMILES string of the molecule is CCCCN(CCCC)C(=O)c1cn(CCCc2ccccc2)c(-c2ccc(C(=O)NS(=O)(=O)c3ccc4cccc(Cl)c4c3)cc2C(=O)c2cccc3c2CC(CO)NC3)n1. The van der Waals surface area contributed by atoms with Crippen molar-refractivity contribution in [2.75, 3.05) is 19.7 Å². The number of hydrogen-bond acceptors (Lipinski definition) is 8. The normalized spacial score (nSPS) is 13.8. The number of aliphatic hydroxyl groups excluding tert-OH is 1. The van der Waals surface area contributed by atoms with Crippen LogP contribution in [0.15, 0.2) is 114 Å². The summed E-state index contributed by atoms with van der Waals surface area (Å²) < 4.78 is 31.5. The Kier molecular flexibility index (Phi) is 14.3. The minimum atomic E-state index is -4.38. The van der Waals surface area contributed by atoms with E-state index in [1.54, 1.807) is 42.6 Å². The summed E-state index contributed by atoms with van der Waals surface area (Å²) in [5, 5.41) is 15.0. The smallest absolute Gasteiger partial charge is 0.274 e. The van der Waals surface area contributed by atoms with Crippen molar-refractivity contribution in [3.8, 4) is 11.4 Å². The molecule has 0 bridgehead atoms. The fraction of sp³-hybridized carbons (Fsp3) is 0.306. The Labute approximate surface area is 368 Å². The summed E-state index contributed by atoms with van der Waals surface area (Å²) >= 11 is 6.39. The number of benzene rings is 5. The van der Waals surface area contributed by atoms with Gasteiger partial charge in [-0.3, -0.25) is 14.4 Å². The van der Waals surface area contributed by atoms with Crippen LogP contribution in [0, 0.1) is 0 Å². The van der Waals surface area contributed by atoms with E-state index in [-0.39, 0.29) is 40.3 Å². The van der Waals surface area contributed by atoms with Gasteiger partial charge in [0, 0.05) is 71.1 Å². The molecular weight excluding hydrogens is 822 g/mol. The summed E-state index contributed by atoms with van der Waals surface area (Å²) in [4.78, 5) is 50.0. The van der Waals surface area contributed by atoms with Gasteiger partial charge in [0.15, 0.2) is 5.78 Å². The summed E-state index contributed by atoms with van der Waals surface area (Å²) in [7, 11) is -4.38. The number of sulfonamides is 1. The third-order valence-electron chi connectivity index (χ3n) is 11.4. The van der Waals surface area contributed by atoms with Crippen LogP contribution in [0.2, 0.25) is 5.02 Å². The third kappa shape index (κ3) is 10.0. The molecule has 6 aromatic rings. The number of nitrogens with one attached hydrogen (secondary N) is 2. The zero-order valence-electron chi connectivity index (χ0n) is 35.1. The number of imidazole rings is 1. The highest BCUT2D eigenvalue weighted by atomic mass is 35.5. The maximum atomic E-state index is 15.1. The van der Waals surface area contributed by atoms with Gasteiger partial charge in [0.1, 0.15) is 11.5 Å². The molecule has 0 radical (unpaired) electrons. The molecule has 62 heavy (non-hydrogen) atoms. The number of aliphatic hydroxyl groups is 1. The lowest BCUT2D eigenvalue weighted by Crippen LogP contribution is -2.39. The molecule has 11 nitrogen and oxygen atoms in total. The fourth-order valence-electron chi connectivity index (χ4n) is 7.97. The van der Waals surface area contributed by atoms with Gasteiger partial charge in [-0.05, 0) is 90.6 Å². The Hall–Kier alpha value is -5.66. The van der Waals surface area contributed by atoms with Crippen molar-refractivity contribution >= 4 is 50.0 Å². The zero-order chi connectivity index (χ0) is 43.8. The van der Waals surface area contributed by atoms with Gasteiger partial charge in [-0.1, -0.05) is 105 Å². The van der Waals surface area contributed by atoms with Crippen LogP contribution >= 0.6 is 11.6 Å². The van der Waals surface area contributed by atoms with Crippen LogP contribution in [-0.2, 0) is 36.0 Å². The second-order valence-electron chi connectivity index (χ2n) is 15.8. The van der Waals surface area contributed by atoms with Crippen molar-refractivity contribution < 1.29 is 27.9 Å². The number of aromatic nitrogens is 2. The van der Waals surface area contributed by atoms with Gasteiger partial charge in [0.25, 0.3) is 21.8 Å². The number of carbonyl (C=O) groups excluding carboxylic acids is 3. The van der Waals surface area contributed by atoms with Gasteiger partial charge in [-0.2, -0.15) is 0 Å². The van der Waals surface area contributed by atoms with Crippen molar-refractivity contribution in [1.29, 1.82) is 0 Å². The molecule has 7 rings (SSSR count). The van der Waals surface area contributed by atoms with Gasteiger partial charge < -0.3 is 19.9 Å². The Morgan fingerprint density at radius 2 is 1.65 bits per heavy atom. The van der Waals surface area contributed by atoms with Crippen LogP contribution < -0.4 is 10.0 Å². The van der Waals surface area contributed by atoms with Crippen LogP contribution in [0.4, 0.5) is 0 Å². The number of amides is 2. The number of hydrogen-bond donors (Lipinski definition) is 3. The molecule has 0 fully saturated rings. The van der Waals surface area contributed by atoms with E-state index in [1.807, 2.05) is 39.8 Å².